The largest absolute Gasteiger partial charge is 2.00 e. The fourth-order valence-electron chi connectivity index (χ4n) is 2.12. The molecule has 4 radical (unpaired) electrons. The molecule has 6 nitrogen and oxygen atoms in total. The normalized spacial score (nSPS) is 11.1. The average Bonchev–Trinajstić information content (AvgIpc) is 2.90. The third-order valence-electron chi connectivity index (χ3n) is 4.50. The third-order valence-corrected chi connectivity index (χ3v) is 4.91. The summed E-state index contributed by atoms with van der Waals surface area (Å²) in [5.41, 5.74) is 0. The Bertz CT molecular complexity index is 415. The van der Waals surface area contributed by atoms with Crippen LogP contribution in [0.1, 0.15) is 131 Å². The Balaban J connectivity index is -0.000000152. The van der Waals surface area contributed by atoms with E-state index < -0.39 is 0 Å². The molecular weight excluding hydrogens is 639 g/mol. The summed E-state index contributed by atoms with van der Waals surface area (Å²) in [6.45, 7) is 21.0. The summed E-state index contributed by atoms with van der Waals surface area (Å²) < 4.78 is 21.2. The van der Waals surface area contributed by atoms with Gasteiger partial charge in [-0.2, -0.15) is 11.5 Å². The van der Waals surface area contributed by atoms with E-state index in [4.69, 9.17) is 44.2 Å². The Labute approximate surface area is 271 Å². The Kier molecular flexibility index (Phi) is 57.0. The van der Waals surface area contributed by atoms with Gasteiger partial charge in [-0.25, -0.2) is 0 Å². The van der Waals surface area contributed by atoms with Gasteiger partial charge < -0.3 is 44.2 Å². The first-order chi connectivity index (χ1) is 18.3. The molecule has 0 aliphatic carbocycles. The number of carbonyl (C=O) groups is 2. The van der Waals surface area contributed by atoms with Crippen LogP contribution in [-0.2, 0) is 53.8 Å². The van der Waals surface area contributed by atoms with Gasteiger partial charge in [0.25, 0.3) is 0 Å². The first-order valence-electron chi connectivity index (χ1n) is 14.7. The minimum absolute atomic E-state index is 0. The van der Waals surface area contributed by atoms with Crippen LogP contribution in [0.15, 0.2) is 0 Å². The molecule has 0 aromatic rings. The van der Waals surface area contributed by atoms with Crippen LogP contribution in [0.3, 0.4) is 0 Å². The van der Waals surface area contributed by atoms with Crippen LogP contribution in [0.4, 0.5) is 0 Å². The second-order valence-corrected chi connectivity index (χ2v) is 9.30. The maximum absolute atomic E-state index is 11.2. The quantitative estimate of drug-likeness (QED) is 0.0422. The Morgan fingerprint density at radius 2 is 0.923 bits per heavy atom. The third kappa shape index (κ3) is 48.4. The molecule has 0 amide bonds. The van der Waals surface area contributed by atoms with Gasteiger partial charge in [0.1, 0.15) is 0 Å². The molecular formula is C30H60O6S2Sn. The van der Waals surface area contributed by atoms with Crippen LogP contribution in [0, 0.1) is 13.8 Å². The van der Waals surface area contributed by atoms with Crippen LogP contribution in [0.5, 0.6) is 0 Å². The van der Waals surface area contributed by atoms with E-state index >= 15 is 0 Å². The molecule has 0 spiro atoms. The van der Waals surface area contributed by atoms with Crippen molar-refractivity contribution in [2.75, 3.05) is 24.7 Å². The molecule has 0 saturated heterocycles. The molecule has 0 aromatic heterocycles. The Morgan fingerprint density at radius 3 is 1.13 bits per heavy atom. The van der Waals surface area contributed by atoms with Crippen molar-refractivity contribution in [3.05, 3.63) is 13.8 Å². The summed E-state index contributed by atoms with van der Waals surface area (Å²) in [6, 6.07) is 0. The number of carbonyl (C=O) groups excluding carboxylic acids is 2. The molecule has 232 valence electrons. The standard InChI is InChI=1S/2C11H22O3S.2C4H9.Sn/c2*1-3-5-8-13-11(6-4-2)14-10(12)7-9-15;2*1-3-4-2;/h2*11,15H,3-9H2,1-2H3;2*1,3-4H2,2H3;/q;;;;+2/p-2. The van der Waals surface area contributed by atoms with Crippen LogP contribution >= 0.6 is 0 Å². The minimum Gasteiger partial charge on any atom is -0.792 e. The van der Waals surface area contributed by atoms with E-state index in [1.807, 2.05) is 13.8 Å². The number of rotatable bonds is 20. The first kappa shape index (κ1) is 49.1. The zero-order chi connectivity index (χ0) is 29.9. The molecule has 0 fully saturated rings. The fraction of sp³-hybridized carbons (Fsp3) is 0.867. The average molecular weight is 700 g/mol. The summed E-state index contributed by atoms with van der Waals surface area (Å²) >= 11 is 9.42. The monoisotopic (exact) mass is 700 g/mol. The van der Waals surface area contributed by atoms with Gasteiger partial charge in [-0.1, -0.05) is 107 Å². The Hall–Kier alpha value is 0.359. The van der Waals surface area contributed by atoms with E-state index in [0.717, 1.165) is 64.2 Å². The predicted molar refractivity (Wildman–Crippen MR) is 171 cm³/mol. The van der Waals surface area contributed by atoms with E-state index in [1.54, 1.807) is 0 Å². The summed E-state index contributed by atoms with van der Waals surface area (Å²) in [7, 11) is 0. The molecule has 0 heterocycles. The van der Waals surface area contributed by atoms with Gasteiger partial charge in [-0.15, -0.1) is 0 Å². The van der Waals surface area contributed by atoms with E-state index in [2.05, 4.69) is 41.5 Å². The molecule has 0 aromatic carbocycles. The second-order valence-electron chi connectivity index (χ2n) is 8.48. The van der Waals surface area contributed by atoms with Crippen LogP contribution < -0.4 is 0 Å². The van der Waals surface area contributed by atoms with Crippen LogP contribution in [0.2, 0.25) is 0 Å². The Morgan fingerprint density at radius 1 is 0.615 bits per heavy atom. The number of unbranched alkanes of at least 4 members (excludes halogenated alkanes) is 4. The maximum atomic E-state index is 11.2. The summed E-state index contributed by atoms with van der Waals surface area (Å²) in [5.74, 6) is 0.319. The predicted octanol–water partition coefficient (Wildman–Crippen LogP) is 7.68. The zero-order valence-corrected chi connectivity index (χ0v) is 30.5. The molecule has 2 atom stereocenters. The molecule has 0 bridgehead atoms. The van der Waals surface area contributed by atoms with Crippen molar-refractivity contribution < 1.29 is 28.5 Å². The van der Waals surface area contributed by atoms with E-state index in [-0.39, 0.29) is 48.4 Å². The first-order valence-corrected chi connectivity index (χ1v) is 15.8. The molecule has 0 saturated carbocycles. The van der Waals surface area contributed by atoms with Gasteiger partial charge in [0, 0.05) is 25.7 Å². The number of ether oxygens (including phenoxy) is 4. The molecule has 0 rings (SSSR count). The van der Waals surface area contributed by atoms with Crippen molar-refractivity contribution in [3.8, 4) is 0 Å². The number of esters is 2. The zero-order valence-electron chi connectivity index (χ0n) is 26.1. The smallest absolute Gasteiger partial charge is 0.792 e. The van der Waals surface area contributed by atoms with Gasteiger partial charge in [-0.05, 0) is 12.8 Å². The van der Waals surface area contributed by atoms with Gasteiger partial charge in [0.05, 0.1) is 13.2 Å². The number of hydrogen-bond acceptors (Lipinski definition) is 8. The van der Waals surface area contributed by atoms with Gasteiger partial charge >= 0.3 is 35.8 Å². The summed E-state index contributed by atoms with van der Waals surface area (Å²) in [5, 5.41) is 0. The van der Waals surface area contributed by atoms with Crippen molar-refractivity contribution in [1.82, 2.24) is 0 Å². The molecule has 2 unspecified atom stereocenters. The minimum atomic E-state index is -0.379. The van der Waals surface area contributed by atoms with Crippen LogP contribution in [0.25, 0.3) is 0 Å². The SMILES string of the molecule is CCCCOC(CCC)OC(=O)CC[S-].CCCCOC(CCC)OC(=O)CC[S-].[CH2]CCC.[CH2]CCC.[Sn+2]. The second kappa shape index (κ2) is 45.3. The molecule has 0 aliphatic heterocycles. The van der Waals surface area contributed by atoms with Crippen molar-refractivity contribution in [3.63, 3.8) is 0 Å². The molecule has 39 heavy (non-hydrogen) atoms. The molecule has 0 aliphatic rings. The van der Waals surface area contributed by atoms with Crippen molar-refractivity contribution in [1.29, 1.82) is 0 Å². The summed E-state index contributed by atoms with van der Waals surface area (Å²) in [4.78, 5) is 22.4. The van der Waals surface area contributed by atoms with E-state index in [0.29, 0.717) is 37.6 Å². The molecule has 9 heteroatoms. The molecule has 0 N–H and O–H groups in total. The van der Waals surface area contributed by atoms with Gasteiger partial charge in [-0.3, -0.25) is 9.59 Å². The van der Waals surface area contributed by atoms with E-state index in [1.165, 1.54) is 12.8 Å². The van der Waals surface area contributed by atoms with Crippen LogP contribution in [-0.4, -0.2) is 73.1 Å². The maximum Gasteiger partial charge on any atom is 2.00 e. The number of hydrogen-bond donors (Lipinski definition) is 0. The fourth-order valence-corrected chi connectivity index (χ4v) is 2.45. The van der Waals surface area contributed by atoms with Crippen molar-refractivity contribution in [2.45, 2.75) is 144 Å². The van der Waals surface area contributed by atoms with Crippen molar-refractivity contribution in [2.24, 2.45) is 0 Å². The summed E-state index contributed by atoms with van der Waals surface area (Å²) in [6.07, 6.45) is 12.0. The van der Waals surface area contributed by atoms with Gasteiger partial charge in [0.2, 0.25) is 12.6 Å². The van der Waals surface area contributed by atoms with Crippen molar-refractivity contribution >= 4 is 61.1 Å². The van der Waals surface area contributed by atoms with E-state index in [9.17, 15) is 9.59 Å². The topological polar surface area (TPSA) is 71.1 Å². The van der Waals surface area contributed by atoms with Gasteiger partial charge in [0.15, 0.2) is 0 Å².